The Kier molecular flexibility index (Phi) is 3.11. The fourth-order valence-corrected chi connectivity index (χ4v) is 1.42. The van der Waals surface area contributed by atoms with E-state index in [4.69, 9.17) is 11.1 Å². The van der Waals surface area contributed by atoms with Crippen molar-refractivity contribution >= 4 is 11.9 Å². The maximum Gasteiger partial charge on any atom is 0.222 e. The second-order valence-corrected chi connectivity index (χ2v) is 3.11. The van der Waals surface area contributed by atoms with Crippen molar-refractivity contribution < 1.29 is 4.79 Å². The smallest absolute Gasteiger partial charge is 0.222 e. The highest BCUT2D eigenvalue weighted by atomic mass is 16.2. The normalized spacial score (nSPS) is 17.3. The number of nitrogens with two attached hydrogens (primary N) is 1. The van der Waals surface area contributed by atoms with E-state index >= 15 is 0 Å². The molecule has 0 radical (unpaired) electrons. The number of hydrogen-bond donors (Lipinski definition) is 2. The van der Waals surface area contributed by atoms with Crippen LogP contribution in [0.2, 0.25) is 0 Å². The van der Waals surface area contributed by atoms with Gasteiger partial charge in [0.25, 0.3) is 0 Å². The van der Waals surface area contributed by atoms with Gasteiger partial charge < -0.3 is 15.5 Å². The quantitative estimate of drug-likeness (QED) is 0.423. The number of nitrogens with zero attached hydrogens (tertiary/aromatic N) is 2. The van der Waals surface area contributed by atoms with Crippen LogP contribution in [0.3, 0.4) is 0 Å². The van der Waals surface area contributed by atoms with Gasteiger partial charge in [-0.05, 0) is 0 Å². The zero-order chi connectivity index (χ0) is 9.84. The van der Waals surface area contributed by atoms with Gasteiger partial charge in [-0.2, -0.15) is 0 Å². The summed E-state index contributed by atoms with van der Waals surface area (Å²) in [6.07, 6.45) is 0.556. The number of guanidine groups is 1. The SMILES string of the molecule is CCC(=O)N1CCN(C(=N)N)CC1. The number of carbonyl (C=O) groups excluding carboxylic acids is 1. The van der Waals surface area contributed by atoms with Gasteiger partial charge in [0.2, 0.25) is 5.91 Å². The molecule has 0 unspecified atom stereocenters. The van der Waals surface area contributed by atoms with E-state index in [1.807, 2.05) is 11.8 Å². The highest BCUT2D eigenvalue weighted by molar-refractivity contribution is 5.77. The van der Waals surface area contributed by atoms with Gasteiger partial charge in [0.05, 0.1) is 0 Å². The molecule has 1 rings (SSSR count). The highest BCUT2D eigenvalue weighted by Gasteiger charge is 2.19. The Morgan fingerprint density at radius 3 is 2.15 bits per heavy atom. The molecule has 0 aromatic carbocycles. The van der Waals surface area contributed by atoms with Gasteiger partial charge in [0.1, 0.15) is 0 Å². The molecular weight excluding hydrogens is 168 g/mol. The van der Waals surface area contributed by atoms with E-state index in [2.05, 4.69) is 0 Å². The molecule has 1 heterocycles. The molecule has 1 saturated heterocycles. The summed E-state index contributed by atoms with van der Waals surface area (Å²) in [7, 11) is 0. The second-order valence-electron chi connectivity index (χ2n) is 3.11. The molecule has 1 aliphatic heterocycles. The molecule has 13 heavy (non-hydrogen) atoms. The van der Waals surface area contributed by atoms with Crippen LogP contribution in [0.4, 0.5) is 0 Å². The Hall–Kier alpha value is -1.26. The number of carbonyl (C=O) groups is 1. The fourth-order valence-electron chi connectivity index (χ4n) is 1.42. The first-order chi connectivity index (χ1) is 6.15. The molecule has 0 saturated carbocycles. The van der Waals surface area contributed by atoms with E-state index in [-0.39, 0.29) is 11.9 Å². The average Bonchev–Trinajstić information content (AvgIpc) is 2.17. The van der Waals surface area contributed by atoms with Crippen molar-refractivity contribution in [1.29, 1.82) is 5.41 Å². The molecular formula is C8H16N4O. The Bertz CT molecular complexity index is 208. The lowest BCUT2D eigenvalue weighted by Gasteiger charge is -2.34. The standard InChI is InChI=1S/C8H16N4O/c1-2-7(13)11-3-5-12(6-4-11)8(9)10/h2-6H2,1H3,(H3,9,10). The third-order valence-electron chi connectivity index (χ3n) is 2.28. The first-order valence-corrected chi connectivity index (χ1v) is 4.52. The predicted octanol–water partition coefficient (Wildman–Crippen LogP) is -0.566. The number of amides is 1. The summed E-state index contributed by atoms with van der Waals surface area (Å²) >= 11 is 0. The fraction of sp³-hybridized carbons (Fsp3) is 0.750. The first-order valence-electron chi connectivity index (χ1n) is 4.52. The minimum Gasteiger partial charge on any atom is -0.370 e. The lowest BCUT2D eigenvalue weighted by molar-refractivity contribution is -0.132. The molecule has 5 nitrogen and oxygen atoms in total. The molecule has 74 valence electrons. The molecule has 0 bridgehead atoms. The zero-order valence-corrected chi connectivity index (χ0v) is 7.92. The monoisotopic (exact) mass is 184 g/mol. The van der Waals surface area contributed by atoms with Crippen LogP contribution < -0.4 is 5.73 Å². The Labute approximate surface area is 78.0 Å². The third-order valence-corrected chi connectivity index (χ3v) is 2.28. The lowest BCUT2D eigenvalue weighted by atomic mass is 10.3. The van der Waals surface area contributed by atoms with E-state index in [0.717, 1.165) is 0 Å². The molecule has 1 fully saturated rings. The predicted molar refractivity (Wildman–Crippen MR) is 50.4 cm³/mol. The molecule has 0 aromatic heterocycles. The Morgan fingerprint density at radius 2 is 1.77 bits per heavy atom. The van der Waals surface area contributed by atoms with Crippen LogP contribution in [0.25, 0.3) is 0 Å². The van der Waals surface area contributed by atoms with Crippen molar-refractivity contribution in [1.82, 2.24) is 9.80 Å². The Balaban J connectivity index is 2.39. The average molecular weight is 184 g/mol. The molecule has 5 heteroatoms. The largest absolute Gasteiger partial charge is 0.370 e. The molecule has 3 N–H and O–H groups in total. The van der Waals surface area contributed by atoms with E-state index in [0.29, 0.717) is 32.6 Å². The summed E-state index contributed by atoms with van der Waals surface area (Å²) in [6, 6.07) is 0. The van der Waals surface area contributed by atoms with Gasteiger partial charge in [0, 0.05) is 32.6 Å². The minimum atomic E-state index is 0.101. The van der Waals surface area contributed by atoms with Crippen molar-refractivity contribution in [2.45, 2.75) is 13.3 Å². The highest BCUT2D eigenvalue weighted by Crippen LogP contribution is 2.02. The van der Waals surface area contributed by atoms with Crippen molar-refractivity contribution in [3.05, 3.63) is 0 Å². The van der Waals surface area contributed by atoms with Crippen molar-refractivity contribution in [3.63, 3.8) is 0 Å². The van der Waals surface area contributed by atoms with Crippen molar-refractivity contribution in [2.24, 2.45) is 5.73 Å². The first kappa shape index (κ1) is 9.83. The summed E-state index contributed by atoms with van der Waals surface area (Å²) < 4.78 is 0. The van der Waals surface area contributed by atoms with Crippen LogP contribution >= 0.6 is 0 Å². The van der Waals surface area contributed by atoms with E-state index in [1.54, 1.807) is 4.90 Å². The summed E-state index contributed by atoms with van der Waals surface area (Å²) in [5.74, 6) is 0.284. The summed E-state index contributed by atoms with van der Waals surface area (Å²) in [5, 5.41) is 7.21. The second kappa shape index (κ2) is 4.11. The van der Waals surface area contributed by atoms with Crippen LogP contribution in [-0.4, -0.2) is 47.8 Å². The molecule has 0 aromatic rings. The number of rotatable bonds is 1. The Morgan fingerprint density at radius 1 is 1.31 bits per heavy atom. The van der Waals surface area contributed by atoms with Crippen LogP contribution in [0.5, 0.6) is 0 Å². The van der Waals surface area contributed by atoms with Crippen LogP contribution in [0.1, 0.15) is 13.3 Å². The topological polar surface area (TPSA) is 73.4 Å². The van der Waals surface area contributed by atoms with Gasteiger partial charge in [0.15, 0.2) is 5.96 Å². The van der Waals surface area contributed by atoms with Gasteiger partial charge >= 0.3 is 0 Å². The number of nitrogens with one attached hydrogen (secondary N) is 1. The third kappa shape index (κ3) is 2.34. The van der Waals surface area contributed by atoms with E-state index < -0.39 is 0 Å². The molecule has 0 aliphatic carbocycles. The van der Waals surface area contributed by atoms with E-state index in [1.165, 1.54) is 0 Å². The van der Waals surface area contributed by atoms with Crippen molar-refractivity contribution in [2.75, 3.05) is 26.2 Å². The molecule has 0 atom stereocenters. The van der Waals surface area contributed by atoms with Gasteiger partial charge in [-0.3, -0.25) is 10.2 Å². The maximum absolute atomic E-state index is 11.3. The summed E-state index contributed by atoms with van der Waals surface area (Å²) in [6.45, 7) is 4.60. The number of hydrogen-bond acceptors (Lipinski definition) is 2. The van der Waals surface area contributed by atoms with Crippen LogP contribution in [0.15, 0.2) is 0 Å². The molecule has 1 aliphatic rings. The van der Waals surface area contributed by atoms with E-state index in [9.17, 15) is 4.79 Å². The van der Waals surface area contributed by atoms with Gasteiger partial charge in [-0.1, -0.05) is 6.92 Å². The van der Waals surface area contributed by atoms with Crippen molar-refractivity contribution in [3.8, 4) is 0 Å². The zero-order valence-electron chi connectivity index (χ0n) is 7.92. The van der Waals surface area contributed by atoms with Gasteiger partial charge in [-0.15, -0.1) is 0 Å². The maximum atomic E-state index is 11.3. The summed E-state index contributed by atoms with van der Waals surface area (Å²) in [4.78, 5) is 14.9. The summed E-state index contributed by atoms with van der Waals surface area (Å²) in [5.41, 5.74) is 5.33. The molecule has 1 amide bonds. The molecule has 0 spiro atoms. The van der Waals surface area contributed by atoms with Crippen LogP contribution in [0, 0.1) is 5.41 Å². The van der Waals surface area contributed by atoms with Crippen LogP contribution in [-0.2, 0) is 4.79 Å². The number of piperazine rings is 1. The lowest BCUT2D eigenvalue weighted by Crippen LogP contribution is -2.52. The van der Waals surface area contributed by atoms with Gasteiger partial charge in [-0.25, -0.2) is 0 Å². The minimum absolute atomic E-state index is 0.101.